The van der Waals surface area contributed by atoms with Gasteiger partial charge in [0.2, 0.25) is 5.95 Å². The summed E-state index contributed by atoms with van der Waals surface area (Å²) in [5.74, 6) is 0.959. The molecular formula is C26H29F3N4O. The highest BCUT2D eigenvalue weighted by Gasteiger charge is 2.35. The summed E-state index contributed by atoms with van der Waals surface area (Å²) >= 11 is 0. The minimum Gasteiger partial charge on any atom is -0.494 e. The Balaban J connectivity index is 1.55. The predicted octanol–water partition coefficient (Wildman–Crippen LogP) is 7.82. The van der Waals surface area contributed by atoms with Crippen LogP contribution in [0.5, 0.6) is 5.75 Å². The van der Waals surface area contributed by atoms with Crippen molar-refractivity contribution in [2.24, 2.45) is 0 Å². The highest BCUT2D eigenvalue weighted by Crippen LogP contribution is 2.37. The van der Waals surface area contributed by atoms with Crippen molar-refractivity contribution in [3.8, 4) is 5.75 Å². The summed E-state index contributed by atoms with van der Waals surface area (Å²) in [6.45, 7) is 2.64. The topological polar surface area (TPSA) is 59.1 Å². The lowest BCUT2D eigenvalue weighted by molar-refractivity contribution is -0.137. The summed E-state index contributed by atoms with van der Waals surface area (Å²) in [6.07, 6.45) is 2.97. The second-order valence-electron chi connectivity index (χ2n) is 8.54. The van der Waals surface area contributed by atoms with Crippen molar-refractivity contribution in [3.05, 3.63) is 65.9 Å². The van der Waals surface area contributed by atoms with Gasteiger partial charge in [0, 0.05) is 17.6 Å². The number of hydrogen-bond donors (Lipinski definition) is 2. The molecule has 3 aromatic rings. The Labute approximate surface area is 197 Å². The number of hydrogen-bond acceptors (Lipinski definition) is 5. The summed E-state index contributed by atoms with van der Waals surface area (Å²) in [5.41, 5.74) is 1.46. The van der Waals surface area contributed by atoms with Crippen LogP contribution in [-0.2, 0) is 6.18 Å². The Morgan fingerprint density at radius 2 is 1.74 bits per heavy atom. The van der Waals surface area contributed by atoms with Crippen molar-refractivity contribution in [2.45, 2.75) is 57.5 Å². The molecule has 34 heavy (non-hydrogen) atoms. The molecule has 0 saturated heterocycles. The largest absolute Gasteiger partial charge is 0.494 e. The van der Waals surface area contributed by atoms with Gasteiger partial charge in [-0.25, -0.2) is 4.98 Å². The monoisotopic (exact) mass is 470 g/mol. The van der Waals surface area contributed by atoms with E-state index in [4.69, 9.17) is 4.74 Å². The van der Waals surface area contributed by atoms with Crippen LogP contribution in [0.3, 0.4) is 0 Å². The molecule has 2 aromatic carbocycles. The number of anilines is 4. The molecule has 0 aliphatic heterocycles. The van der Waals surface area contributed by atoms with E-state index in [1.807, 2.05) is 25.1 Å². The first-order chi connectivity index (χ1) is 16.4. The molecule has 0 radical (unpaired) electrons. The molecule has 0 bridgehead atoms. The molecule has 2 N–H and O–H groups in total. The van der Waals surface area contributed by atoms with Gasteiger partial charge >= 0.3 is 6.18 Å². The van der Waals surface area contributed by atoms with Crippen LogP contribution >= 0.6 is 0 Å². The van der Waals surface area contributed by atoms with Crippen molar-refractivity contribution in [2.75, 3.05) is 17.2 Å². The van der Waals surface area contributed by atoms with Crippen LogP contribution < -0.4 is 15.4 Å². The molecule has 1 fully saturated rings. The van der Waals surface area contributed by atoms with E-state index in [9.17, 15) is 13.2 Å². The van der Waals surface area contributed by atoms with Crippen LogP contribution in [0.4, 0.5) is 36.3 Å². The summed E-state index contributed by atoms with van der Waals surface area (Å²) < 4.78 is 46.6. The molecule has 8 heteroatoms. The smallest absolute Gasteiger partial charge is 0.421 e. The van der Waals surface area contributed by atoms with Crippen molar-refractivity contribution in [1.82, 2.24) is 9.97 Å². The lowest BCUT2D eigenvalue weighted by atomic mass is 9.84. The average Bonchev–Trinajstić information content (AvgIpc) is 2.84. The third kappa shape index (κ3) is 6.18. The molecular weight excluding hydrogens is 441 g/mol. The zero-order chi connectivity index (χ0) is 24.0. The Morgan fingerprint density at radius 1 is 0.971 bits per heavy atom. The van der Waals surface area contributed by atoms with Crippen LogP contribution in [0.25, 0.3) is 0 Å². The minimum absolute atomic E-state index is 0.0705. The first-order valence-corrected chi connectivity index (χ1v) is 11.7. The van der Waals surface area contributed by atoms with Crippen molar-refractivity contribution < 1.29 is 17.9 Å². The zero-order valence-corrected chi connectivity index (χ0v) is 19.2. The number of halogens is 3. The predicted molar refractivity (Wildman–Crippen MR) is 128 cm³/mol. The Kier molecular flexibility index (Phi) is 7.55. The molecule has 5 nitrogen and oxygen atoms in total. The third-order valence-corrected chi connectivity index (χ3v) is 5.90. The van der Waals surface area contributed by atoms with Crippen molar-refractivity contribution in [1.29, 1.82) is 0 Å². The number of aromatic nitrogens is 2. The summed E-state index contributed by atoms with van der Waals surface area (Å²) in [7, 11) is 0. The number of ether oxygens (including phenoxy) is 1. The Morgan fingerprint density at radius 3 is 2.44 bits per heavy atom. The van der Waals surface area contributed by atoms with E-state index in [1.165, 1.54) is 19.3 Å². The summed E-state index contributed by atoms with van der Waals surface area (Å²) in [6, 6.07) is 14.7. The lowest BCUT2D eigenvalue weighted by Gasteiger charge is -2.22. The van der Waals surface area contributed by atoms with Gasteiger partial charge in [0.05, 0.1) is 6.61 Å². The van der Waals surface area contributed by atoms with Gasteiger partial charge in [-0.1, -0.05) is 38.3 Å². The molecule has 1 heterocycles. The third-order valence-electron chi connectivity index (χ3n) is 5.90. The molecule has 0 spiro atoms. The van der Waals surface area contributed by atoms with Gasteiger partial charge in [-0.15, -0.1) is 0 Å². The van der Waals surface area contributed by atoms with E-state index >= 15 is 0 Å². The van der Waals surface area contributed by atoms with E-state index in [0.717, 1.165) is 36.8 Å². The van der Waals surface area contributed by atoms with Gasteiger partial charge in [0.1, 0.15) is 17.1 Å². The first kappa shape index (κ1) is 23.9. The van der Waals surface area contributed by atoms with Crippen molar-refractivity contribution in [3.63, 3.8) is 0 Å². The second kappa shape index (κ2) is 10.8. The van der Waals surface area contributed by atoms with Crippen LogP contribution in [0.15, 0.2) is 54.7 Å². The molecule has 180 valence electrons. The Hall–Kier alpha value is -3.29. The first-order valence-electron chi connectivity index (χ1n) is 11.7. The fourth-order valence-corrected chi connectivity index (χ4v) is 4.17. The molecule has 0 unspecified atom stereocenters. The van der Waals surface area contributed by atoms with Gasteiger partial charge in [-0.3, -0.25) is 0 Å². The number of nitrogens with zero attached hydrogens (tertiary/aromatic N) is 2. The van der Waals surface area contributed by atoms with Gasteiger partial charge in [0.15, 0.2) is 0 Å². The van der Waals surface area contributed by atoms with E-state index in [2.05, 4.69) is 20.6 Å². The van der Waals surface area contributed by atoms with Gasteiger partial charge in [-0.05, 0) is 67.1 Å². The average molecular weight is 471 g/mol. The number of benzene rings is 2. The molecule has 1 aliphatic rings. The van der Waals surface area contributed by atoms with Crippen LogP contribution in [0, 0.1) is 0 Å². The van der Waals surface area contributed by atoms with Crippen LogP contribution in [0.1, 0.15) is 62.5 Å². The molecule has 0 amide bonds. The molecule has 1 aromatic heterocycles. The van der Waals surface area contributed by atoms with Crippen LogP contribution in [-0.4, -0.2) is 16.6 Å². The maximum absolute atomic E-state index is 13.7. The Bertz CT molecular complexity index is 1080. The number of nitrogens with one attached hydrogen (secondary N) is 2. The van der Waals surface area contributed by atoms with E-state index < -0.39 is 11.7 Å². The highest BCUT2D eigenvalue weighted by atomic mass is 19.4. The molecule has 0 atom stereocenters. The fourth-order valence-electron chi connectivity index (χ4n) is 4.17. The minimum atomic E-state index is -4.58. The number of alkyl halides is 3. The standard InChI is InChI=1S/C26H29F3N4O/c1-2-15-34-22-13-11-20(12-14-22)32-25-30-17-23(26(27,28)29)24(33-25)31-21-10-6-9-19(16-21)18-7-4-3-5-8-18/h6,9-14,16-18H,2-5,7-8,15H2,1H3,(H2,30,31,32,33). The normalized spacial score (nSPS) is 14.6. The van der Waals surface area contributed by atoms with Gasteiger partial charge < -0.3 is 15.4 Å². The highest BCUT2D eigenvalue weighted by molar-refractivity contribution is 5.63. The van der Waals surface area contributed by atoms with E-state index in [1.54, 1.807) is 30.3 Å². The zero-order valence-electron chi connectivity index (χ0n) is 19.2. The summed E-state index contributed by atoms with van der Waals surface area (Å²) in [5, 5.41) is 5.86. The maximum atomic E-state index is 13.7. The lowest BCUT2D eigenvalue weighted by Crippen LogP contribution is -2.13. The molecule has 1 saturated carbocycles. The molecule has 1 aliphatic carbocycles. The van der Waals surface area contributed by atoms with Gasteiger partial charge in [0.25, 0.3) is 0 Å². The molecule has 4 rings (SSSR count). The van der Waals surface area contributed by atoms with Crippen LogP contribution in [0.2, 0.25) is 0 Å². The van der Waals surface area contributed by atoms with Gasteiger partial charge in [-0.2, -0.15) is 18.2 Å². The van der Waals surface area contributed by atoms with Crippen molar-refractivity contribution >= 4 is 23.1 Å². The summed E-state index contributed by atoms with van der Waals surface area (Å²) in [4.78, 5) is 8.05. The second-order valence-corrected chi connectivity index (χ2v) is 8.54. The maximum Gasteiger partial charge on any atom is 0.421 e. The van der Waals surface area contributed by atoms with E-state index in [-0.39, 0.29) is 11.8 Å². The fraction of sp³-hybridized carbons (Fsp3) is 0.385. The quantitative estimate of drug-likeness (QED) is 0.351. The van der Waals surface area contributed by atoms with E-state index in [0.29, 0.717) is 23.9 Å². The number of rotatable bonds is 8. The SMILES string of the molecule is CCCOc1ccc(Nc2ncc(C(F)(F)F)c(Nc3cccc(C4CCCCC4)c3)n2)cc1.